The van der Waals surface area contributed by atoms with Crippen LogP contribution in [0.25, 0.3) is 5.65 Å². The lowest BCUT2D eigenvalue weighted by Gasteiger charge is -2.28. The van der Waals surface area contributed by atoms with Gasteiger partial charge in [0.1, 0.15) is 0 Å². The van der Waals surface area contributed by atoms with E-state index in [0.29, 0.717) is 24.2 Å². The summed E-state index contributed by atoms with van der Waals surface area (Å²) in [5.74, 6) is 0. The minimum Gasteiger partial charge on any atom is -0.320 e. The number of nitrogens with one attached hydrogen (secondary N) is 2. The molecule has 0 radical (unpaired) electrons. The molecule has 0 spiro atoms. The fraction of sp³-hybridized carbons (Fsp3) is 0.316. The number of hydrogen-bond acceptors (Lipinski definition) is 3. The van der Waals surface area contributed by atoms with E-state index < -0.39 is 0 Å². The number of nitrogens with zero attached hydrogens (tertiary/aromatic N) is 3. The Hall–Kier alpha value is -3.09. The van der Waals surface area contributed by atoms with Gasteiger partial charge < -0.3 is 10.2 Å². The average Bonchev–Trinajstić information content (AvgIpc) is 3.30. The largest absolute Gasteiger partial charge is 0.322 e. The molecule has 7 heteroatoms. The Bertz CT molecular complexity index is 1080. The van der Waals surface area contributed by atoms with Crippen LogP contribution in [0, 0.1) is 0 Å². The van der Waals surface area contributed by atoms with Crippen LogP contribution in [0.5, 0.6) is 0 Å². The average molecular weight is 349 g/mol. The highest BCUT2D eigenvalue weighted by Gasteiger charge is 2.25. The molecule has 1 aliphatic heterocycles. The van der Waals surface area contributed by atoms with E-state index >= 15 is 0 Å². The Morgan fingerprint density at radius 1 is 1.15 bits per heavy atom. The SMILES string of the molecule is O=C(Nc1ccc2c(c1)CCC2)N1CCc2nc3cc[nH]n3c(=O)c2C1. The number of benzene rings is 1. The fourth-order valence-electron chi connectivity index (χ4n) is 3.94. The summed E-state index contributed by atoms with van der Waals surface area (Å²) in [6.07, 6.45) is 5.65. The summed E-state index contributed by atoms with van der Waals surface area (Å²) in [4.78, 5) is 31.5. The molecule has 0 saturated carbocycles. The number of hydrogen-bond donors (Lipinski definition) is 2. The molecule has 26 heavy (non-hydrogen) atoms. The maximum Gasteiger partial charge on any atom is 0.322 e. The van der Waals surface area contributed by atoms with Crippen molar-refractivity contribution in [3.63, 3.8) is 0 Å². The summed E-state index contributed by atoms with van der Waals surface area (Å²) in [6, 6.07) is 7.72. The highest BCUT2D eigenvalue weighted by atomic mass is 16.2. The van der Waals surface area contributed by atoms with Crippen molar-refractivity contribution in [1.82, 2.24) is 19.5 Å². The van der Waals surface area contributed by atoms with Crippen molar-refractivity contribution in [3.8, 4) is 0 Å². The van der Waals surface area contributed by atoms with Crippen molar-refractivity contribution in [2.75, 3.05) is 11.9 Å². The summed E-state index contributed by atoms with van der Waals surface area (Å²) >= 11 is 0. The van der Waals surface area contributed by atoms with E-state index in [2.05, 4.69) is 27.5 Å². The minimum absolute atomic E-state index is 0.134. The van der Waals surface area contributed by atoms with Crippen molar-refractivity contribution in [1.29, 1.82) is 0 Å². The standard InChI is InChI=1S/C19H19N5O2/c25-18-15-11-23(9-7-16(15)22-17-6-8-20-24(17)18)19(26)21-14-5-4-12-2-1-3-13(12)10-14/h4-6,8,10,20H,1-3,7,9,11H2,(H,21,26). The van der Waals surface area contributed by atoms with Crippen molar-refractivity contribution < 1.29 is 4.79 Å². The summed E-state index contributed by atoms with van der Waals surface area (Å²) in [6.45, 7) is 0.830. The summed E-state index contributed by atoms with van der Waals surface area (Å²) in [5, 5.41) is 5.84. The molecule has 2 aromatic heterocycles. The Morgan fingerprint density at radius 2 is 2.04 bits per heavy atom. The Labute approximate surface area is 149 Å². The second-order valence-electron chi connectivity index (χ2n) is 6.94. The third-order valence-corrected chi connectivity index (χ3v) is 5.33. The van der Waals surface area contributed by atoms with Crippen LogP contribution in [0.1, 0.15) is 28.8 Å². The van der Waals surface area contributed by atoms with Gasteiger partial charge in [0.2, 0.25) is 0 Å². The van der Waals surface area contributed by atoms with Gasteiger partial charge in [-0.3, -0.25) is 9.89 Å². The number of carbonyl (C=O) groups excluding carboxylic acids is 1. The van der Waals surface area contributed by atoms with Gasteiger partial charge in [0, 0.05) is 30.9 Å². The smallest absolute Gasteiger partial charge is 0.320 e. The molecular weight excluding hydrogens is 330 g/mol. The third kappa shape index (κ3) is 2.39. The molecule has 0 fully saturated rings. The van der Waals surface area contributed by atoms with E-state index in [-0.39, 0.29) is 18.1 Å². The van der Waals surface area contributed by atoms with Gasteiger partial charge in [0.25, 0.3) is 5.56 Å². The van der Waals surface area contributed by atoms with E-state index in [4.69, 9.17) is 0 Å². The maximum atomic E-state index is 12.7. The highest BCUT2D eigenvalue weighted by Crippen LogP contribution is 2.25. The highest BCUT2D eigenvalue weighted by molar-refractivity contribution is 5.89. The van der Waals surface area contributed by atoms with Crippen molar-refractivity contribution in [2.45, 2.75) is 32.2 Å². The Balaban J connectivity index is 1.38. The van der Waals surface area contributed by atoms with Gasteiger partial charge in [-0.05, 0) is 42.5 Å². The van der Waals surface area contributed by atoms with Crippen molar-refractivity contribution in [2.24, 2.45) is 0 Å². The number of carbonyl (C=O) groups is 1. The van der Waals surface area contributed by atoms with E-state index in [0.717, 1.165) is 24.2 Å². The third-order valence-electron chi connectivity index (χ3n) is 5.33. The predicted octanol–water partition coefficient (Wildman–Crippen LogP) is 2.10. The second-order valence-corrected chi connectivity index (χ2v) is 6.94. The lowest BCUT2D eigenvalue weighted by molar-refractivity contribution is 0.205. The van der Waals surface area contributed by atoms with Crippen LogP contribution in [-0.4, -0.2) is 32.1 Å². The lowest BCUT2D eigenvalue weighted by atomic mass is 10.1. The monoisotopic (exact) mass is 349 g/mol. The first-order valence-corrected chi connectivity index (χ1v) is 8.95. The molecule has 3 heterocycles. The molecule has 0 saturated heterocycles. The first-order valence-electron chi connectivity index (χ1n) is 8.95. The zero-order chi connectivity index (χ0) is 17.7. The van der Waals surface area contributed by atoms with E-state index in [1.54, 1.807) is 17.2 Å². The van der Waals surface area contributed by atoms with Gasteiger partial charge in [-0.15, -0.1) is 0 Å². The normalized spacial score (nSPS) is 15.8. The number of urea groups is 1. The lowest BCUT2D eigenvalue weighted by Crippen LogP contribution is -2.42. The molecule has 1 aliphatic carbocycles. The quantitative estimate of drug-likeness (QED) is 0.706. The zero-order valence-electron chi connectivity index (χ0n) is 14.3. The van der Waals surface area contributed by atoms with Crippen LogP contribution in [0.3, 0.4) is 0 Å². The van der Waals surface area contributed by atoms with Gasteiger partial charge in [0.05, 0.1) is 17.8 Å². The van der Waals surface area contributed by atoms with Gasteiger partial charge in [-0.2, -0.15) is 0 Å². The van der Waals surface area contributed by atoms with Crippen LogP contribution < -0.4 is 10.9 Å². The number of aryl methyl sites for hydroxylation is 2. The number of H-pyrrole nitrogens is 1. The van der Waals surface area contributed by atoms with E-state index in [1.165, 1.54) is 22.1 Å². The molecule has 3 aromatic rings. The number of rotatable bonds is 1. The molecular formula is C19H19N5O2. The number of aromatic nitrogens is 3. The molecule has 7 nitrogen and oxygen atoms in total. The predicted molar refractivity (Wildman–Crippen MR) is 97.4 cm³/mol. The first-order chi connectivity index (χ1) is 12.7. The van der Waals surface area contributed by atoms with Crippen LogP contribution in [-0.2, 0) is 25.8 Å². The minimum atomic E-state index is -0.176. The molecule has 0 atom stereocenters. The summed E-state index contributed by atoms with van der Waals surface area (Å²) in [5.41, 5.74) is 5.37. The van der Waals surface area contributed by atoms with Crippen LogP contribution in [0.4, 0.5) is 10.5 Å². The molecule has 2 amide bonds. The van der Waals surface area contributed by atoms with Gasteiger partial charge in [0.15, 0.2) is 5.65 Å². The van der Waals surface area contributed by atoms with Crippen LogP contribution in [0.2, 0.25) is 0 Å². The topological polar surface area (TPSA) is 82.5 Å². The molecule has 132 valence electrons. The number of aromatic amines is 1. The van der Waals surface area contributed by atoms with Crippen molar-refractivity contribution in [3.05, 3.63) is 63.2 Å². The molecule has 0 bridgehead atoms. The van der Waals surface area contributed by atoms with Crippen LogP contribution >= 0.6 is 0 Å². The van der Waals surface area contributed by atoms with Gasteiger partial charge in [-0.1, -0.05) is 6.07 Å². The zero-order valence-corrected chi connectivity index (χ0v) is 14.3. The van der Waals surface area contributed by atoms with Gasteiger partial charge >= 0.3 is 6.03 Å². The number of anilines is 1. The first kappa shape index (κ1) is 15.2. The molecule has 5 rings (SSSR count). The molecule has 0 unspecified atom stereocenters. The maximum absolute atomic E-state index is 12.7. The fourth-order valence-corrected chi connectivity index (χ4v) is 3.94. The number of fused-ring (bicyclic) bond motifs is 3. The van der Waals surface area contributed by atoms with E-state index in [1.807, 2.05) is 6.07 Å². The van der Waals surface area contributed by atoms with Gasteiger partial charge in [-0.25, -0.2) is 14.3 Å². The van der Waals surface area contributed by atoms with Crippen LogP contribution in [0.15, 0.2) is 35.3 Å². The Morgan fingerprint density at radius 3 is 2.96 bits per heavy atom. The Kier molecular flexibility index (Phi) is 3.34. The molecule has 2 N–H and O–H groups in total. The van der Waals surface area contributed by atoms with E-state index in [9.17, 15) is 9.59 Å². The van der Waals surface area contributed by atoms with Crippen molar-refractivity contribution >= 4 is 17.4 Å². The number of amides is 2. The second kappa shape index (κ2) is 5.72. The summed E-state index contributed by atoms with van der Waals surface area (Å²) < 4.78 is 1.42. The summed E-state index contributed by atoms with van der Waals surface area (Å²) in [7, 11) is 0. The molecule has 1 aromatic carbocycles. The molecule has 2 aliphatic rings.